The standard InChI is InChI=1S/C15H20N2O5/c1-15(2,3)22-14(20)17-8-6-10(9-17)21-11-5-4-7-16-12(11)13(18)19/h4-5,7,10H,6,8-9H2,1-3H3,(H,18,19)/t10-/m1/s1. The zero-order chi connectivity index (χ0) is 16.3. The van der Waals surface area contributed by atoms with Crippen molar-refractivity contribution in [3.05, 3.63) is 24.0 Å². The molecule has 7 heteroatoms. The van der Waals surface area contributed by atoms with Gasteiger partial charge in [-0.2, -0.15) is 0 Å². The first-order valence-electron chi connectivity index (χ1n) is 7.09. The molecule has 0 radical (unpaired) electrons. The smallest absolute Gasteiger partial charge is 0.410 e. The topological polar surface area (TPSA) is 89.0 Å². The molecule has 1 aliphatic rings. The number of nitrogens with zero attached hydrogens (tertiary/aromatic N) is 2. The van der Waals surface area contributed by atoms with Gasteiger partial charge in [-0.1, -0.05) is 0 Å². The van der Waals surface area contributed by atoms with Crippen molar-refractivity contribution < 1.29 is 24.2 Å². The predicted octanol–water partition coefficient (Wildman–Crippen LogP) is 2.17. The summed E-state index contributed by atoms with van der Waals surface area (Å²) in [7, 11) is 0. The van der Waals surface area contributed by atoms with Crippen LogP contribution in [0.25, 0.3) is 0 Å². The number of rotatable bonds is 3. The van der Waals surface area contributed by atoms with Gasteiger partial charge in [-0.3, -0.25) is 0 Å². The van der Waals surface area contributed by atoms with E-state index in [2.05, 4.69) is 4.98 Å². The second kappa shape index (κ2) is 6.21. The Labute approximate surface area is 128 Å². The van der Waals surface area contributed by atoms with Crippen molar-refractivity contribution in [1.29, 1.82) is 0 Å². The Morgan fingerprint density at radius 2 is 2.14 bits per heavy atom. The Morgan fingerprint density at radius 3 is 2.77 bits per heavy atom. The lowest BCUT2D eigenvalue weighted by atomic mass is 10.2. The number of carbonyl (C=O) groups excluding carboxylic acids is 1. The normalized spacial score (nSPS) is 18.1. The number of ether oxygens (including phenoxy) is 2. The maximum absolute atomic E-state index is 12.0. The lowest BCUT2D eigenvalue weighted by Crippen LogP contribution is -2.36. The lowest BCUT2D eigenvalue weighted by molar-refractivity contribution is 0.0274. The van der Waals surface area contributed by atoms with Crippen LogP contribution in [0.5, 0.6) is 5.75 Å². The van der Waals surface area contributed by atoms with Crippen molar-refractivity contribution >= 4 is 12.1 Å². The zero-order valence-corrected chi connectivity index (χ0v) is 12.9. The van der Waals surface area contributed by atoms with E-state index in [0.717, 1.165) is 0 Å². The molecule has 1 aliphatic heterocycles. The van der Waals surface area contributed by atoms with E-state index in [1.807, 2.05) is 20.8 Å². The summed E-state index contributed by atoms with van der Waals surface area (Å²) in [6.07, 6.45) is 1.36. The largest absolute Gasteiger partial charge is 0.486 e. The Bertz CT molecular complexity index is 567. The number of hydrogen-bond acceptors (Lipinski definition) is 5. The van der Waals surface area contributed by atoms with Crippen LogP contribution >= 0.6 is 0 Å². The number of pyridine rings is 1. The molecule has 1 fully saturated rings. The molecule has 0 aliphatic carbocycles. The van der Waals surface area contributed by atoms with Gasteiger partial charge in [0, 0.05) is 19.2 Å². The summed E-state index contributed by atoms with van der Waals surface area (Å²) < 4.78 is 11.0. The predicted molar refractivity (Wildman–Crippen MR) is 78.0 cm³/mol. The van der Waals surface area contributed by atoms with Gasteiger partial charge < -0.3 is 19.5 Å². The Kier molecular flexibility index (Phi) is 4.54. The van der Waals surface area contributed by atoms with Crippen LogP contribution in [0.2, 0.25) is 0 Å². The van der Waals surface area contributed by atoms with E-state index in [4.69, 9.17) is 14.6 Å². The number of carboxylic acids is 1. The second-order valence-electron chi connectivity index (χ2n) is 6.11. The first kappa shape index (κ1) is 16.1. The average Bonchev–Trinajstić information content (AvgIpc) is 2.86. The highest BCUT2D eigenvalue weighted by atomic mass is 16.6. The molecular weight excluding hydrogens is 288 g/mol. The Hall–Kier alpha value is -2.31. The molecule has 2 heterocycles. The van der Waals surface area contributed by atoms with Gasteiger partial charge >= 0.3 is 12.1 Å². The molecule has 0 bridgehead atoms. The highest BCUT2D eigenvalue weighted by Gasteiger charge is 2.31. The monoisotopic (exact) mass is 308 g/mol. The van der Waals surface area contributed by atoms with Gasteiger partial charge in [-0.15, -0.1) is 0 Å². The minimum atomic E-state index is -1.14. The molecule has 22 heavy (non-hydrogen) atoms. The van der Waals surface area contributed by atoms with E-state index in [1.54, 1.807) is 17.0 Å². The van der Waals surface area contributed by atoms with Crippen LogP contribution in [-0.2, 0) is 4.74 Å². The third-order valence-corrected chi connectivity index (χ3v) is 3.06. The molecule has 7 nitrogen and oxygen atoms in total. The molecule has 1 saturated heterocycles. The number of aromatic carboxylic acids is 1. The maximum Gasteiger partial charge on any atom is 0.410 e. The molecule has 1 aromatic rings. The minimum absolute atomic E-state index is 0.127. The Morgan fingerprint density at radius 1 is 1.41 bits per heavy atom. The highest BCUT2D eigenvalue weighted by Crippen LogP contribution is 2.22. The third kappa shape index (κ3) is 4.09. The first-order chi connectivity index (χ1) is 10.3. The summed E-state index contributed by atoms with van der Waals surface area (Å²) >= 11 is 0. The third-order valence-electron chi connectivity index (χ3n) is 3.06. The molecule has 1 atom stereocenters. The molecule has 1 N–H and O–H groups in total. The van der Waals surface area contributed by atoms with Crippen molar-refractivity contribution in [2.24, 2.45) is 0 Å². The van der Waals surface area contributed by atoms with E-state index in [0.29, 0.717) is 19.5 Å². The molecule has 1 amide bonds. The fourth-order valence-corrected chi connectivity index (χ4v) is 2.14. The second-order valence-corrected chi connectivity index (χ2v) is 6.11. The van der Waals surface area contributed by atoms with Gasteiger partial charge in [0.05, 0.1) is 6.54 Å². The van der Waals surface area contributed by atoms with Gasteiger partial charge in [0.25, 0.3) is 0 Å². The van der Waals surface area contributed by atoms with Gasteiger partial charge in [-0.25, -0.2) is 14.6 Å². The molecule has 120 valence electrons. The van der Waals surface area contributed by atoms with Crippen LogP contribution in [0.15, 0.2) is 18.3 Å². The minimum Gasteiger partial charge on any atom is -0.486 e. The molecule has 0 saturated carbocycles. The number of likely N-dealkylation sites (tertiary alicyclic amines) is 1. The van der Waals surface area contributed by atoms with Crippen molar-refractivity contribution in [2.45, 2.75) is 38.9 Å². The summed E-state index contributed by atoms with van der Waals surface area (Å²) in [4.78, 5) is 28.4. The fourth-order valence-electron chi connectivity index (χ4n) is 2.14. The number of hydrogen-bond donors (Lipinski definition) is 1. The zero-order valence-electron chi connectivity index (χ0n) is 12.9. The van der Waals surface area contributed by atoms with Gasteiger partial charge in [0.1, 0.15) is 11.7 Å². The van der Waals surface area contributed by atoms with Gasteiger partial charge in [0.2, 0.25) is 0 Å². The van der Waals surface area contributed by atoms with Crippen LogP contribution in [0, 0.1) is 0 Å². The van der Waals surface area contributed by atoms with E-state index in [-0.39, 0.29) is 23.6 Å². The number of aromatic nitrogens is 1. The van der Waals surface area contributed by atoms with Crippen LogP contribution in [0.1, 0.15) is 37.7 Å². The Balaban J connectivity index is 1.97. The quantitative estimate of drug-likeness (QED) is 0.920. The molecule has 0 aromatic carbocycles. The number of carboxylic acid groups (broad SMARTS) is 1. The van der Waals surface area contributed by atoms with Gasteiger partial charge in [0.15, 0.2) is 11.4 Å². The van der Waals surface area contributed by atoms with Crippen LogP contribution in [-0.4, -0.2) is 51.8 Å². The average molecular weight is 308 g/mol. The van der Waals surface area contributed by atoms with E-state index in [9.17, 15) is 9.59 Å². The van der Waals surface area contributed by atoms with Crippen LogP contribution in [0.4, 0.5) is 4.79 Å². The molecule has 2 rings (SSSR count). The van der Waals surface area contributed by atoms with Gasteiger partial charge in [-0.05, 0) is 32.9 Å². The van der Waals surface area contributed by atoms with E-state index >= 15 is 0 Å². The SMILES string of the molecule is CC(C)(C)OC(=O)N1CC[C@@H](Oc2cccnc2C(=O)O)C1. The molecule has 1 aromatic heterocycles. The summed E-state index contributed by atoms with van der Waals surface area (Å²) in [6.45, 7) is 6.31. The fraction of sp³-hybridized carbons (Fsp3) is 0.533. The molecular formula is C15H20N2O5. The summed E-state index contributed by atoms with van der Waals surface area (Å²) in [5.74, 6) is -0.927. The summed E-state index contributed by atoms with van der Waals surface area (Å²) in [6, 6.07) is 3.18. The first-order valence-corrected chi connectivity index (χ1v) is 7.09. The number of amides is 1. The van der Waals surface area contributed by atoms with Crippen molar-refractivity contribution in [3.63, 3.8) is 0 Å². The van der Waals surface area contributed by atoms with Crippen molar-refractivity contribution in [3.8, 4) is 5.75 Å². The van der Waals surface area contributed by atoms with Crippen LogP contribution < -0.4 is 4.74 Å². The summed E-state index contributed by atoms with van der Waals surface area (Å²) in [5, 5.41) is 9.08. The lowest BCUT2D eigenvalue weighted by Gasteiger charge is -2.24. The van der Waals surface area contributed by atoms with E-state index < -0.39 is 11.6 Å². The molecule has 0 spiro atoms. The summed E-state index contributed by atoms with van der Waals surface area (Å²) in [5.41, 5.74) is -0.672. The van der Waals surface area contributed by atoms with Crippen molar-refractivity contribution in [1.82, 2.24) is 9.88 Å². The van der Waals surface area contributed by atoms with E-state index in [1.165, 1.54) is 6.20 Å². The number of carbonyl (C=O) groups is 2. The maximum atomic E-state index is 12.0. The molecule has 0 unspecified atom stereocenters. The van der Waals surface area contributed by atoms with Crippen LogP contribution in [0.3, 0.4) is 0 Å². The van der Waals surface area contributed by atoms with Crippen molar-refractivity contribution in [2.75, 3.05) is 13.1 Å². The highest BCUT2D eigenvalue weighted by molar-refractivity contribution is 5.88.